The number of fused-ring (bicyclic) bond motifs is 1. The summed E-state index contributed by atoms with van der Waals surface area (Å²) in [4.78, 5) is 5.35. The van der Waals surface area contributed by atoms with E-state index >= 15 is 0 Å². The molecule has 154 valence electrons. The summed E-state index contributed by atoms with van der Waals surface area (Å²) < 4.78 is 7.17. The van der Waals surface area contributed by atoms with Gasteiger partial charge in [0.2, 0.25) is 5.13 Å². The molecule has 0 atom stereocenters. The van der Waals surface area contributed by atoms with E-state index in [-0.39, 0.29) is 0 Å². The second kappa shape index (κ2) is 13.4. The molecule has 2 heterocycles. The van der Waals surface area contributed by atoms with Crippen LogP contribution < -0.4 is 10.0 Å². The van der Waals surface area contributed by atoms with Crippen molar-refractivity contribution < 1.29 is 0 Å². The second-order valence-electron chi connectivity index (χ2n) is 7.05. The fraction of sp³-hybridized carbons (Fsp3) is 0.391. The molecular weight excluding hydrogens is 396 g/mol. The third-order valence-electron chi connectivity index (χ3n) is 4.81. The van der Waals surface area contributed by atoms with Gasteiger partial charge in [-0.25, -0.2) is 4.98 Å². The van der Waals surface area contributed by atoms with Crippen LogP contribution in [0.3, 0.4) is 0 Å². The number of piperidine rings is 1. The van der Waals surface area contributed by atoms with Gasteiger partial charge in [0.05, 0.1) is 0 Å². The molecule has 0 bridgehead atoms. The molecule has 1 aromatic heterocycles. The lowest BCUT2D eigenvalue weighted by molar-refractivity contribution is 0.520. The molecule has 1 fully saturated rings. The molecule has 0 amide bonds. The van der Waals surface area contributed by atoms with Crippen molar-refractivity contribution in [2.75, 3.05) is 17.8 Å². The first-order valence-corrected chi connectivity index (χ1v) is 12.0. The van der Waals surface area contributed by atoms with Gasteiger partial charge in [0.1, 0.15) is 6.33 Å². The van der Waals surface area contributed by atoms with E-state index in [1.54, 1.807) is 18.3 Å². The van der Waals surface area contributed by atoms with Crippen LogP contribution in [0.4, 0.5) is 5.13 Å². The molecule has 1 aliphatic heterocycles. The standard InChI is InChI=1S/C12H13N3S2.C6H6.C5H11N/c1-2-4-10-7-11(6-5-9(10)3-1)16-15-12-13-8-14-17-12;2*1-2-4-6-5-3-1/h5-8H,1-4H2,(H,13,14,15);1-6H;6H,1-5H2. The molecule has 2 aromatic carbocycles. The van der Waals surface area contributed by atoms with E-state index < -0.39 is 0 Å². The third kappa shape index (κ3) is 8.56. The van der Waals surface area contributed by atoms with Gasteiger partial charge in [-0.15, -0.1) is 0 Å². The average molecular weight is 427 g/mol. The zero-order valence-corrected chi connectivity index (χ0v) is 18.5. The van der Waals surface area contributed by atoms with Crippen LogP contribution in [-0.2, 0) is 12.8 Å². The van der Waals surface area contributed by atoms with Gasteiger partial charge >= 0.3 is 0 Å². The number of benzene rings is 2. The van der Waals surface area contributed by atoms with Crippen molar-refractivity contribution >= 4 is 28.6 Å². The highest BCUT2D eigenvalue weighted by molar-refractivity contribution is 8.00. The van der Waals surface area contributed by atoms with Gasteiger partial charge in [0.25, 0.3) is 0 Å². The highest BCUT2D eigenvalue weighted by atomic mass is 32.2. The highest BCUT2D eigenvalue weighted by Crippen LogP contribution is 2.27. The molecular formula is C23H30N4S2. The van der Waals surface area contributed by atoms with Crippen LogP contribution in [0.1, 0.15) is 43.2 Å². The summed E-state index contributed by atoms with van der Waals surface area (Å²) in [5, 5.41) is 4.14. The molecule has 1 saturated heterocycles. The Balaban J connectivity index is 0.000000163. The first kappa shape index (κ1) is 21.8. The number of hydrogen-bond donors (Lipinski definition) is 2. The number of aromatic nitrogens is 2. The fourth-order valence-corrected chi connectivity index (χ4v) is 4.44. The van der Waals surface area contributed by atoms with Crippen molar-refractivity contribution in [2.45, 2.75) is 49.8 Å². The normalized spacial score (nSPS) is 15.0. The van der Waals surface area contributed by atoms with E-state index in [2.05, 4.69) is 37.6 Å². The number of aryl methyl sites for hydroxylation is 2. The summed E-state index contributed by atoms with van der Waals surface area (Å²) in [5.74, 6) is 0. The lowest BCUT2D eigenvalue weighted by atomic mass is 9.92. The van der Waals surface area contributed by atoms with E-state index in [0.717, 1.165) is 5.13 Å². The number of anilines is 1. The summed E-state index contributed by atoms with van der Waals surface area (Å²) in [6, 6.07) is 18.7. The van der Waals surface area contributed by atoms with Gasteiger partial charge in [-0.3, -0.25) is 0 Å². The zero-order valence-electron chi connectivity index (χ0n) is 16.8. The summed E-state index contributed by atoms with van der Waals surface area (Å²) in [6.45, 7) is 2.50. The Labute approximate surface area is 182 Å². The van der Waals surface area contributed by atoms with E-state index in [1.807, 2.05) is 36.4 Å². The highest BCUT2D eigenvalue weighted by Gasteiger charge is 2.09. The smallest absolute Gasteiger partial charge is 0.212 e. The van der Waals surface area contributed by atoms with E-state index in [9.17, 15) is 0 Å². The monoisotopic (exact) mass is 426 g/mol. The Hall–Kier alpha value is -1.89. The van der Waals surface area contributed by atoms with Crippen LogP contribution >= 0.6 is 23.5 Å². The van der Waals surface area contributed by atoms with E-state index in [4.69, 9.17) is 0 Å². The van der Waals surface area contributed by atoms with Crippen LogP contribution in [0.25, 0.3) is 0 Å². The van der Waals surface area contributed by atoms with Gasteiger partial charge in [-0.1, -0.05) is 48.9 Å². The Morgan fingerprint density at radius 1 is 0.828 bits per heavy atom. The molecule has 1 aliphatic carbocycles. The quantitative estimate of drug-likeness (QED) is 0.504. The molecule has 2 N–H and O–H groups in total. The summed E-state index contributed by atoms with van der Waals surface area (Å²) in [5.41, 5.74) is 3.04. The Bertz CT molecular complexity index is 752. The van der Waals surface area contributed by atoms with Crippen LogP contribution in [0, 0.1) is 0 Å². The number of hydrogen-bond acceptors (Lipinski definition) is 6. The fourth-order valence-electron chi connectivity index (χ4n) is 3.28. The van der Waals surface area contributed by atoms with Crippen LogP contribution in [-0.4, -0.2) is 22.4 Å². The maximum atomic E-state index is 4.09. The summed E-state index contributed by atoms with van der Waals surface area (Å²) >= 11 is 2.99. The minimum atomic E-state index is 0.854. The SMILES string of the molecule is C1CCNCC1.c1ccccc1.c1nsc(NSc2ccc3c(c2)CCCC3)n1. The lowest BCUT2D eigenvalue weighted by Crippen LogP contribution is -2.21. The zero-order chi connectivity index (χ0) is 20.0. The van der Waals surface area contributed by atoms with Gasteiger partial charge in [-0.05, 0) is 86.8 Å². The topological polar surface area (TPSA) is 49.8 Å². The third-order valence-corrected chi connectivity index (χ3v) is 6.31. The number of nitrogens with zero attached hydrogens (tertiary/aromatic N) is 2. The minimum Gasteiger partial charge on any atom is -0.317 e. The largest absolute Gasteiger partial charge is 0.317 e. The Morgan fingerprint density at radius 2 is 1.52 bits per heavy atom. The van der Waals surface area contributed by atoms with Gasteiger partial charge in [-0.2, -0.15) is 4.37 Å². The Morgan fingerprint density at radius 3 is 2.07 bits per heavy atom. The number of rotatable bonds is 3. The maximum Gasteiger partial charge on any atom is 0.212 e. The van der Waals surface area contributed by atoms with Crippen molar-refractivity contribution in [1.29, 1.82) is 0 Å². The second-order valence-corrected chi connectivity index (χ2v) is 8.71. The predicted octanol–water partition coefficient (Wildman–Crippen LogP) is 5.98. The molecule has 6 heteroatoms. The predicted molar refractivity (Wildman–Crippen MR) is 126 cm³/mol. The lowest BCUT2D eigenvalue weighted by Gasteiger charge is -2.16. The number of nitrogens with one attached hydrogen (secondary N) is 2. The molecule has 0 spiro atoms. The maximum absolute atomic E-state index is 4.09. The molecule has 29 heavy (non-hydrogen) atoms. The van der Waals surface area contributed by atoms with Crippen molar-refractivity contribution in [1.82, 2.24) is 14.7 Å². The van der Waals surface area contributed by atoms with Crippen molar-refractivity contribution in [2.24, 2.45) is 0 Å². The Kier molecular flexibility index (Phi) is 10.0. The van der Waals surface area contributed by atoms with E-state index in [1.165, 1.54) is 85.6 Å². The minimum absolute atomic E-state index is 0.854. The molecule has 0 saturated carbocycles. The molecule has 0 radical (unpaired) electrons. The van der Waals surface area contributed by atoms with Crippen molar-refractivity contribution in [3.63, 3.8) is 0 Å². The molecule has 3 aromatic rings. The molecule has 5 rings (SSSR count). The van der Waals surface area contributed by atoms with Crippen molar-refractivity contribution in [3.8, 4) is 0 Å². The summed E-state index contributed by atoms with van der Waals surface area (Å²) in [7, 11) is 0. The molecule has 2 aliphatic rings. The van der Waals surface area contributed by atoms with Crippen LogP contribution in [0.5, 0.6) is 0 Å². The van der Waals surface area contributed by atoms with Crippen molar-refractivity contribution in [3.05, 3.63) is 72.1 Å². The van der Waals surface area contributed by atoms with Gasteiger partial charge in [0, 0.05) is 16.4 Å². The van der Waals surface area contributed by atoms with Crippen LogP contribution in [0.15, 0.2) is 65.8 Å². The van der Waals surface area contributed by atoms with E-state index in [0.29, 0.717) is 0 Å². The van der Waals surface area contributed by atoms with Crippen LogP contribution in [0.2, 0.25) is 0 Å². The molecule has 4 nitrogen and oxygen atoms in total. The first-order chi connectivity index (χ1) is 14.4. The molecule has 0 unspecified atom stereocenters. The summed E-state index contributed by atoms with van der Waals surface area (Å²) in [6.07, 6.45) is 10.9. The van der Waals surface area contributed by atoms with Gasteiger partial charge < -0.3 is 10.0 Å². The van der Waals surface area contributed by atoms with Gasteiger partial charge in [0.15, 0.2) is 0 Å². The average Bonchev–Trinajstić information content (AvgIpc) is 3.35. The first-order valence-electron chi connectivity index (χ1n) is 10.4.